The lowest BCUT2D eigenvalue weighted by atomic mass is 9.74. The van der Waals surface area contributed by atoms with Gasteiger partial charge in [0.05, 0.1) is 12.0 Å². The van der Waals surface area contributed by atoms with E-state index in [9.17, 15) is 18.0 Å². The molecule has 3 aliphatic rings. The number of carbonyl (C=O) groups excluding carboxylic acids is 1. The molecule has 1 aromatic heterocycles. The molecule has 0 spiro atoms. The predicted octanol–water partition coefficient (Wildman–Crippen LogP) is 3.35. The molecule has 0 radical (unpaired) electrons. The largest absolute Gasteiger partial charge is 0.433 e. The van der Waals surface area contributed by atoms with Crippen LogP contribution in [0.25, 0.3) is 0 Å². The fourth-order valence-corrected chi connectivity index (χ4v) is 5.70. The minimum atomic E-state index is -4.51. The van der Waals surface area contributed by atoms with Crippen LogP contribution in [0.2, 0.25) is 0 Å². The number of amides is 1. The van der Waals surface area contributed by atoms with Gasteiger partial charge in [0.2, 0.25) is 11.9 Å². The number of ether oxygens (including phenoxy) is 1. The van der Waals surface area contributed by atoms with E-state index in [1.807, 2.05) is 4.90 Å². The maximum atomic E-state index is 13.8. The number of piperazine rings is 1. The molecule has 2 aliphatic heterocycles. The lowest BCUT2D eigenvalue weighted by Gasteiger charge is -2.42. The number of anilines is 1. The van der Waals surface area contributed by atoms with Gasteiger partial charge in [-0.1, -0.05) is 20.8 Å². The van der Waals surface area contributed by atoms with Crippen molar-refractivity contribution in [1.29, 1.82) is 0 Å². The SMILES string of the molecule is CC(C)[C@]1(C(=O)N2CCN(c3nccc(C(F)(F)F)n3)CC2)CC[C@@H](NC2CCOC[C@H]2C)C1. The van der Waals surface area contributed by atoms with Crippen LogP contribution in [0.5, 0.6) is 0 Å². The second-order valence-corrected chi connectivity index (χ2v) is 10.4. The Bertz CT molecular complexity index is 859. The van der Waals surface area contributed by atoms with Crippen molar-refractivity contribution in [2.75, 3.05) is 44.3 Å². The molecule has 1 aromatic rings. The molecule has 1 unspecified atom stereocenters. The maximum Gasteiger partial charge on any atom is 0.433 e. The molecule has 4 atom stereocenters. The highest BCUT2D eigenvalue weighted by atomic mass is 19.4. The number of nitrogens with zero attached hydrogens (tertiary/aromatic N) is 4. The fraction of sp³-hybridized carbons (Fsp3) is 0.792. The molecule has 0 aromatic carbocycles. The molecule has 1 N–H and O–H groups in total. The average molecular weight is 484 g/mol. The van der Waals surface area contributed by atoms with Crippen molar-refractivity contribution in [1.82, 2.24) is 20.2 Å². The number of alkyl halides is 3. The van der Waals surface area contributed by atoms with Crippen molar-refractivity contribution in [3.8, 4) is 0 Å². The summed E-state index contributed by atoms with van der Waals surface area (Å²) in [5.74, 6) is 0.918. The molecule has 1 aliphatic carbocycles. The number of hydrogen-bond donors (Lipinski definition) is 1. The normalized spacial score (nSPS) is 30.7. The molecule has 1 amide bonds. The Morgan fingerprint density at radius 1 is 1.24 bits per heavy atom. The van der Waals surface area contributed by atoms with Crippen LogP contribution in [0.4, 0.5) is 19.1 Å². The first kappa shape index (κ1) is 25.2. The third-order valence-electron chi connectivity index (χ3n) is 7.95. The predicted molar refractivity (Wildman–Crippen MR) is 122 cm³/mol. The van der Waals surface area contributed by atoms with E-state index in [0.717, 1.165) is 51.2 Å². The van der Waals surface area contributed by atoms with Gasteiger partial charge in [0.1, 0.15) is 5.69 Å². The summed E-state index contributed by atoms with van der Waals surface area (Å²) in [6.45, 7) is 9.78. The summed E-state index contributed by atoms with van der Waals surface area (Å²) in [5, 5.41) is 3.81. The zero-order valence-corrected chi connectivity index (χ0v) is 20.3. The monoisotopic (exact) mass is 483 g/mol. The van der Waals surface area contributed by atoms with Gasteiger partial charge in [-0.15, -0.1) is 0 Å². The standard InChI is InChI=1S/C24H36F3N5O2/c1-16(2)23(7-4-18(14-23)29-19-6-13-34-15-17(19)3)21(33)31-9-11-32(12-10-31)22-28-8-5-20(30-22)24(25,26)27/h5,8,16-19,29H,4,6-7,9-15H2,1-3H3/t17-,18-,19?,23+/m1/s1. The molecule has 4 rings (SSSR count). The van der Waals surface area contributed by atoms with Crippen LogP contribution in [0, 0.1) is 17.3 Å². The number of hydrogen-bond acceptors (Lipinski definition) is 6. The van der Waals surface area contributed by atoms with E-state index >= 15 is 0 Å². The van der Waals surface area contributed by atoms with Gasteiger partial charge < -0.3 is 19.9 Å². The Balaban J connectivity index is 1.38. The van der Waals surface area contributed by atoms with Crippen molar-refractivity contribution >= 4 is 11.9 Å². The summed E-state index contributed by atoms with van der Waals surface area (Å²) in [7, 11) is 0. The Hall–Kier alpha value is -1.94. The lowest BCUT2D eigenvalue weighted by Crippen LogP contribution is -2.55. The molecule has 10 heteroatoms. The summed E-state index contributed by atoms with van der Waals surface area (Å²) >= 11 is 0. The first-order chi connectivity index (χ1) is 16.1. The molecule has 190 valence electrons. The quantitative estimate of drug-likeness (QED) is 0.693. The highest BCUT2D eigenvalue weighted by Crippen LogP contribution is 2.46. The van der Waals surface area contributed by atoms with Crippen molar-refractivity contribution in [3.05, 3.63) is 18.0 Å². The topological polar surface area (TPSA) is 70.6 Å². The maximum absolute atomic E-state index is 13.8. The van der Waals surface area contributed by atoms with Crippen molar-refractivity contribution in [2.24, 2.45) is 17.3 Å². The van der Waals surface area contributed by atoms with Crippen molar-refractivity contribution in [3.63, 3.8) is 0 Å². The number of nitrogens with one attached hydrogen (secondary N) is 1. The zero-order valence-electron chi connectivity index (χ0n) is 20.3. The summed E-state index contributed by atoms with van der Waals surface area (Å²) in [4.78, 5) is 25.1. The van der Waals surface area contributed by atoms with Crippen molar-refractivity contribution < 1.29 is 22.7 Å². The van der Waals surface area contributed by atoms with Gasteiger partial charge >= 0.3 is 6.18 Å². The van der Waals surface area contributed by atoms with Gasteiger partial charge in [0.25, 0.3) is 0 Å². The Morgan fingerprint density at radius 2 is 1.97 bits per heavy atom. The zero-order chi connectivity index (χ0) is 24.5. The van der Waals surface area contributed by atoms with Crippen LogP contribution < -0.4 is 10.2 Å². The van der Waals surface area contributed by atoms with E-state index in [2.05, 4.69) is 36.1 Å². The Kier molecular flexibility index (Phi) is 7.38. The van der Waals surface area contributed by atoms with Gasteiger partial charge in [-0.25, -0.2) is 9.97 Å². The van der Waals surface area contributed by atoms with Gasteiger partial charge in [-0.05, 0) is 43.6 Å². The summed E-state index contributed by atoms with van der Waals surface area (Å²) < 4.78 is 44.6. The Morgan fingerprint density at radius 3 is 2.62 bits per heavy atom. The molecular weight excluding hydrogens is 447 g/mol. The molecular formula is C24H36F3N5O2. The van der Waals surface area contributed by atoms with Gasteiger partial charge in [0, 0.05) is 51.1 Å². The van der Waals surface area contributed by atoms with Crippen LogP contribution in [0.15, 0.2) is 12.3 Å². The molecule has 7 nitrogen and oxygen atoms in total. The molecule has 3 fully saturated rings. The second-order valence-electron chi connectivity index (χ2n) is 10.4. The van der Waals surface area contributed by atoms with Gasteiger partial charge in [-0.2, -0.15) is 13.2 Å². The van der Waals surface area contributed by atoms with E-state index in [1.54, 1.807) is 4.90 Å². The number of carbonyl (C=O) groups is 1. The van der Waals surface area contributed by atoms with Crippen molar-refractivity contribution in [2.45, 2.75) is 64.7 Å². The smallest absolute Gasteiger partial charge is 0.381 e. The molecule has 2 saturated heterocycles. The second kappa shape index (κ2) is 9.97. The highest BCUT2D eigenvalue weighted by Gasteiger charge is 2.50. The van der Waals surface area contributed by atoms with Gasteiger partial charge in [-0.3, -0.25) is 4.79 Å². The fourth-order valence-electron chi connectivity index (χ4n) is 5.70. The van der Waals surface area contributed by atoms with E-state index in [-0.39, 0.29) is 17.8 Å². The summed E-state index contributed by atoms with van der Waals surface area (Å²) in [5.41, 5.74) is -1.35. The number of rotatable bonds is 5. The Labute approximate surface area is 199 Å². The van der Waals surface area contributed by atoms with E-state index in [1.165, 1.54) is 0 Å². The lowest BCUT2D eigenvalue weighted by molar-refractivity contribution is -0.145. The van der Waals surface area contributed by atoms with Crippen LogP contribution >= 0.6 is 0 Å². The third-order valence-corrected chi connectivity index (χ3v) is 7.95. The van der Waals surface area contributed by atoms with Crippen LogP contribution in [0.3, 0.4) is 0 Å². The van der Waals surface area contributed by atoms with Gasteiger partial charge in [0.15, 0.2) is 0 Å². The molecule has 34 heavy (non-hydrogen) atoms. The molecule has 3 heterocycles. The number of halogens is 3. The van der Waals surface area contributed by atoms with E-state index < -0.39 is 17.3 Å². The van der Waals surface area contributed by atoms with E-state index in [0.29, 0.717) is 44.2 Å². The highest BCUT2D eigenvalue weighted by molar-refractivity contribution is 5.83. The average Bonchev–Trinajstić information content (AvgIpc) is 3.25. The molecule has 0 bridgehead atoms. The summed E-state index contributed by atoms with van der Waals surface area (Å²) in [6.07, 6.45) is 0.294. The van der Waals surface area contributed by atoms with Crippen LogP contribution in [0.1, 0.15) is 52.1 Å². The first-order valence-electron chi connectivity index (χ1n) is 12.4. The van der Waals surface area contributed by atoms with E-state index in [4.69, 9.17) is 4.74 Å². The third kappa shape index (κ3) is 5.17. The van der Waals surface area contributed by atoms with Crippen LogP contribution in [-0.2, 0) is 15.7 Å². The first-order valence-corrected chi connectivity index (χ1v) is 12.4. The summed E-state index contributed by atoms with van der Waals surface area (Å²) in [6, 6.07) is 1.62. The minimum absolute atomic E-state index is 0.0659. The molecule has 1 saturated carbocycles. The van der Waals surface area contributed by atoms with Crippen LogP contribution in [-0.4, -0.2) is 72.3 Å². The minimum Gasteiger partial charge on any atom is -0.381 e. The number of aromatic nitrogens is 2.